The van der Waals surface area contributed by atoms with E-state index in [2.05, 4.69) is 24.3 Å². The van der Waals surface area contributed by atoms with E-state index in [1.165, 1.54) is 6.07 Å². The molecule has 3 aromatic rings. The molecule has 3 rings (SSSR count). The Labute approximate surface area is 117 Å². The molecule has 0 aromatic heterocycles. The van der Waals surface area contributed by atoms with Crippen LogP contribution in [-0.4, -0.2) is 0 Å². The topological polar surface area (TPSA) is 26.0 Å². The summed E-state index contributed by atoms with van der Waals surface area (Å²) in [5.41, 5.74) is 9.87. The summed E-state index contributed by atoms with van der Waals surface area (Å²) in [5, 5.41) is 2.29. The van der Waals surface area contributed by atoms with Crippen LogP contribution in [0.5, 0.6) is 0 Å². The van der Waals surface area contributed by atoms with Crippen LogP contribution in [0.25, 0.3) is 21.9 Å². The highest BCUT2D eigenvalue weighted by molar-refractivity contribution is 5.98. The largest absolute Gasteiger partial charge is 0.326 e. The van der Waals surface area contributed by atoms with Crippen molar-refractivity contribution in [2.24, 2.45) is 5.73 Å². The molecule has 100 valence electrons. The van der Waals surface area contributed by atoms with Gasteiger partial charge in [-0.05, 0) is 52.1 Å². The Morgan fingerprint density at radius 1 is 1.00 bits per heavy atom. The second kappa shape index (κ2) is 5.06. The van der Waals surface area contributed by atoms with E-state index in [0.717, 1.165) is 33.0 Å². The summed E-state index contributed by atoms with van der Waals surface area (Å²) in [6.07, 6.45) is 0. The van der Waals surface area contributed by atoms with Gasteiger partial charge in [0.25, 0.3) is 0 Å². The number of rotatable bonds is 2. The number of halogens is 1. The van der Waals surface area contributed by atoms with Crippen molar-refractivity contribution >= 4 is 10.8 Å². The van der Waals surface area contributed by atoms with E-state index in [4.69, 9.17) is 5.73 Å². The lowest BCUT2D eigenvalue weighted by atomic mass is 9.91. The van der Waals surface area contributed by atoms with Gasteiger partial charge in [-0.15, -0.1) is 0 Å². The molecule has 0 aliphatic heterocycles. The Morgan fingerprint density at radius 3 is 2.60 bits per heavy atom. The molecule has 20 heavy (non-hydrogen) atoms. The summed E-state index contributed by atoms with van der Waals surface area (Å²) in [6, 6.07) is 17.1. The molecule has 0 unspecified atom stereocenters. The third-order valence-corrected chi connectivity index (χ3v) is 3.70. The third-order valence-electron chi connectivity index (χ3n) is 3.70. The van der Waals surface area contributed by atoms with Gasteiger partial charge in [-0.25, -0.2) is 4.39 Å². The molecule has 0 spiro atoms. The van der Waals surface area contributed by atoms with E-state index in [0.29, 0.717) is 6.54 Å². The number of hydrogen-bond acceptors (Lipinski definition) is 1. The third kappa shape index (κ3) is 2.08. The molecule has 1 nitrogen and oxygen atoms in total. The Morgan fingerprint density at radius 2 is 1.80 bits per heavy atom. The molecule has 0 bridgehead atoms. The normalized spacial score (nSPS) is 10.9. The highest BCUT2D eigenvalue weighted by atomic mass is 19.1. The molecule has 2 N–H and O–H groups in total. The fourth-order valence-electron chi connectivity index (χ4n) is 2.70. The maximum Gasteiger partial charge on any atom is 0.123 e. The summed E-state index contributed by atoms with van der Waals surface area (Å²) in [7, 11) is 0. The summed E-state index contributed by atoms with van der Waals surface area (Å²) in [6.45, 7) is 2.45. The molecule has 3 aromatic carbocycles. The summed E-state index contributed by atoms with van der Waals surface area (Å²) in [4.78, 5) is 0. The van der Waals surface area contributed by atoms with Gasteiger partial charge < -0.3 is 5.73 Å². The van der Waals surface area contributed by atoms with Gasteiger partial charge in [-0.2, -0.15) is 0 Å². The van der Waals surface area contributed by atoms with Crippen LogP contribution >= 0.6 is 0 Å². The quantitative estimate of drug-likeness (QED) is 0.729. The molecular weight excluding hydrogens is 249 g/mol. The lowest BCUT2D eigenvalue weighted by molar-refractivity contribution is 0.627. The van der Waals surface area contributed by atoms with Crippen molar-refractivity contribution in [3.63, 3.8) is 0 Å². The van der Waals surface area contributed by atoms with Crippen molar-refractivity contribution in [1.29, 1.82) is 0 Å². The number of nitrogens with two attached hydrogens (primary N) is 1. The van der Waals surface area contributed by atoms with Crippen LogP contribution in [0.15, 0.2) is 54.6 Å². The SMILES string of the molecule is Cc1ccc2ccccc2c1-c1cc(F)ccc1CN. The van der Waals surface area contributed by atoms with Crippen molar-refractivity contribution in [3.8, 4) is 11.1 Å². The lowest BCUT2D eigenvalue weighted by Gasteiger charge is -2.14. The highest BCUT2D eigenvalue weighted by Crippen LogP contribution is 2.34. The molecule has 2 heteroatoms. The Kier molecular flexibility index (Phi) is 3.25. The molecule has 0 heterocycles. The molecule has 0 saturated carbocycles. The van der Waals surface area contributed by atoms with Gasteiger partial charge in [0.05, 0.1) is 0 Å². The van der Waals surface area contributed by atoms with Crippen LogP contribution in [0.4, 0.5) is 4.39 Å². The predicted molar refractivity (Wildman–Crippen MR) is 82.0 cm³/mol. The second-order valence-corrected chi connectivity index (χ2v) is 4.98. The molecule has 0 amide bonds. The molecular formula is C18H16FN. The first-order valence-corrected chi connectivity index (χ1v) is 6.68. The first kappa shape index (κ1) is 12.8. The Bertz CT molecular complexity index is 777. The van der Waals surface area contributed by atoms with Crippen molar-refractivity contribution in [3.05, 3.63) is 71.5 Å². The van der Waals surface area contributed by atoms with Crippen LogP contribution < -0.4 is 5.73 Å². The van der Waals surface area contributed by atoms with Crippen molar-refractivity contribution in [1.82, 2.24) is 0 Å². The average Bonchev–Trinajstić information content (AvgIpc) is 2.47. The minimum atomic E-state index is -0.232. The molecule has 0 aliphatic carbocycles. The van der Waals surface area contributed by atoms with E-state index in [9.17, 15) is 4.39 Å². The van der Waals surface area contributed by atoms with Crippen LogP contribution in [-0.2, 0) is 6.54 Å². The smallest absolute Gasteiger partial charge is 0.123 e. The number of benzene rings is 3. The minimum Gasteiger partial charge on any atom is -0.326 e. The van der Waals surface area contributed by atoms with Crippen LogP contribution in [0.3, 0.4) is 0 Å². The summed E-state index contributed by atoms with van der Waals surface area (Å²) < 4.78 is 13.7. The zero-order valence-electron chi connectivity index (χ0n) is 11.4. The maximum absolute atomic E-state index is 13.7. The number of aryl methyl sites for hydroxylation is 1. The summed E-state index contributed by atoms with van der Waals surface area (Å²) in [5.74, 6) is -0.232. The predicted octanol–water partition coefficient (Wildman–Crippen LogP) is 4.41. The van der Waals surface area contributed by atoms with Crippen molar-refractivity contribution < 1.29 is 4.39 Å². The van der Waals surface area contributed by atoms with Gasteiger partial charge in [0.1, 0.15) is 5.82 Å². The Hall–Kier alpha value is -2.19. The fraction of sp³-hybridized carbons (Fsp3) is 0.111. The standard InChI is InChI=1S/C18H16FN/c1-12-6-7-13-4-2-3-5-16(13)18(12)17-10-15(19)9-8-14(17)11-20/h2-10H,11,20H2,1H3. The van der Waals surface area contributed by atoms with Crippen molar-refractivity contribution in [2.75, 3.05) is 0 Å². The van der Waals surface area contributed by atoms with Crippen LogP contribution in [0.2, 0.25) is 0 Å². The van der Waals surface area contributed by atoms with Crippen LogP contribution in [0.1, 0.15) is 11.1 Å². The summed E-state index contributed by atoms with van der Waals surface area (Å²) >= 11 is 0. The molecule has 0 atom stereocenters. The lowest BCUT2D eigenvalue weighted by Crippen LogP contribution is -2.00. The fourth-order valence-corrected chi connectivity index (χ4v) is 2.70. The zero-order chi connectivity index (χ0) is 14.1. The molecule has 0 radical (unpaired) electrons. The van der Waals surface area contributed by atoms with E-state index in [1.54, 1.807) is 12.1 Å². The van der Waals surface area contributed by atoms with E-state index in [-0.39, 0.29) is 5.82 Å². The van der Waals surface area contributed by atoms with E-state index in [1.807, 2.05) is 19.1 Å². The van der Waals surface area contributed by atoms with Gasteiger partial charge in [0, 0.05) is 6.54 Å². The average molecular weight is 265 g/mol. The number of fused-ring (bicyclic) bond motifs is 1. The highest BCUT2D eigenvalue weighted by Gasteiger charge is 2.11. The van der Waals surface area contributed by atoms with E-state index >= 15 is 0 Å². The van der Waals surface area contributed by atoms with Gasteiger partial charge in [0.2, 0.25) is 0 Å². The van der Waals surface area contributed by atoms with E-state index < -0.39 is 0 Å². The molecule has 0 fully saturated rings. The molecule has 0 saturated heterocycles. The maximum atomic E-state index is 13.7. The number of hydrogen-bond donors (Lipinski definition) is 1. The van der Waals surface area contributed by atoms with Gasteiger partial charge in [-0.3, -0.25) is 0 Å². The van der Waals surface area contributed by atoms with Gasteiger partial charge in [-0.1, -0.05) is 42.5 Å². The van der Waals surface area contributed by atoms with Gasteiger partial charge >= 0.3 is 0 Å². The van der Waals surface area contributed by atoms with Gasteiger partial charge in [0.15, 0.2) is 0 Å². The first-order chi connectivity index (χ1) is 9.70. The van der Waals surface area contributed by atoms with Crippen LogP contribution in [0, 0.1) is 12.7 Å². The monoisotopic (exact) mass is 265 g/mol. The second-order valence-electron chi connectivity index (χ2n) is 4.98. The Balaban J connectivity index is 2.40. The first-order valence-electron chi connectivity index (χ1n) is 6.68. The van der Waals surface area contributed by atoms with Crippen molar-refractivity contribution in [2.45, 2.75) is 13.5 Å². The molecule has 0 aliphatic rings. The minimum absolute atomic E-state index is 0.232. The zero-order valence-corrected chi connectivity index (χ0v) is 11.4.